The number of fused-ring (bicyclic) bond motifs is 1. The summed E-state index contributed by atoms with van der Waals surface area (Å²) in [5, 5.41) is 3.78. The number of methoxy groups -OCH3 is 1. The van der Waals surface area contributed by atoms with Crippen LogP contribution in [-0.2, 0) is 41.7 Å². The Balaban J connectivity index is 1.68. The largest absolute Gasteiger partial charge is 0.468 e. The molecule has 0 saturated carbocycles. The van der Waals surface area contributed by atoms with Crippen molar-refractivity contribution in [1.29, 1.82) is 0 Å². The van der Waals surface area contributed by atoms with Crippen LogP contribution < -0.4 is 5.32 Å². The highest BCUT2D eigenvalue weighted by molar-refractivity contribution is 6.35. The first kappa shape index (κ1) is 33.0. The monoisotopic (exact) mass is 630 g/mol. The van der Waals surface area contributed by atoms with Gasteiger partial charge in [0.25, 0.3) is 0 Å². The summed E-state index contributed by atoms with van der Waals surface area (Å²) in [5.41, 5.74) is 0.820. The summed E-state index contributed by atoms with van der Waals surface area (Å²) in [7, 11) is 1.32. The summed E-state index contributed by atoms with van der Waals surface area (Å²) in [6, 6.07) is 14.8. The lowest BCUT2D eigenvalue weighted by molar-refractivity contribution is -0.178. The summed E-state index contributed by atoms with van der Waals surface area (Å²) in [5.74, 6) is -1.39. The van der Waals surface area contributed by atoms with E-state index in [1.807, 2.05) is 30.3 Å². The summed E-state index contributed by atoms with van der Waals surface area (Å²) >= 11 is 12.7. The van der Waals surface area contributed by atoms with Crippen molar-refractivity contribution in [2.45, 2.75) is 65.4 Å². The van der Waals surface area contributed by atoms with Crippen LogP contribution >= 0.6 is 23.2 Å². The number of carbonyl (C=O) groups excluding carboxylic acids is 3. The molecule has 0 unspecified atom stereocenters. The van der Waals surface area contributed by atoms with Crippen molar-refractivity contribution in [2.24, 2.45) is 17.3 Å². The van der Waals surface area contributed by atoms with Crippen molar-refractivity contribution >= 4 is 41.0 Å². The summed E-state index contributed by atoms with van der Waals surface area (Å²) in [4.78, 5) is 42.4. The van der Waals surface area contributed by atoms with Crippen LogP contribution in [0.5, 0.6) is 0 Å². The number of likely N-dealkylation sites (tertiary alicyclic amines) is 1. The Kier molecular flexibility index (Phi) is 11.3. The lowest BCUT2D eigenvalue weighted by atomic mass is 9.66. The Hall–Kier alpha value is -2.91. The number of nitrogens with one attached hydrogen (secondary N) is 1. The second-order valence-electron chi connectivity index (χ2n) is 11.6. The van der Waals surface area contributed by atoms with Gasteiger partial charge >= 0.3 is 5.97 Å². The van der Waals surface area contributed by atoms with E-state index in [4.69, 9.17) is 37.4 Å². The molecule has 232 valence electrons. The highest BCUT2D eigenvalue weighted by Crippen LogP contribution is 2.51. The molecule has 2 aromatic carbocycles. The number of piperidine rings is 1. The van der Waals surface area contributed by atoms with Crippen LogP contribution in [0.25, 0.3) is 0 Å². The lowest BCUT2D eigenvalue weighted by Gasteiger charge is -2.51. The Morgan fingerprint density at radius 1 is 1.16 bits per heavy atom. The topological polar surface area (TPSA) is 94.2 Å². The molecule has 1 N–H and O–H groups in total. The fraction of sp³-hybridized carbons (Fsp3) is 0.485. The third-order valence-corrected chi connectivity index (χ3v) is 8.70. The minimum Gasteiger partial charge on any atom is -0.468 e. The minimum atomic E-state index is -1.32. The van der Waals surface area contributed by atoms with Crippen LogP contribution in [0.15, 0.2) is 60.3 Å². The Morgan fingerprint density at radius 3 is 2.58 bits per heavy atom. The van der Waals surface area contributed by atoms with E-state index in [1.165, 1.54) is 7.11 Å². The molecule has 4 atom stereocenters. The molecule has 2 heterocycles. The van der Waals surface area contributed by atoms with Gasteiger partial charge in [-0.1, -0.05) is 73.4 Å². The number of benzene rings is 2. The molecule has 1 fully saturated rings. The SMILES string of the molecule is COC(=O)[C@]12C[C@H](CC(=O)NCCC(C)C)C(=O)N(Cc3ccc(Cl)cc3Cl)C1=C[C@H](COCc1ccccc1)O[C@@H]2C. The molecule has 1 saturated heterocycles. The van der Waals surface area contributed by atoms with Gasteiger partial charge in [0, 0.05) is 34.6 Å². The smallest absolute Gasteiger partial charge is 0.320 e. The molecule has 0 radical (unpaired) electrons. The molecule has 10 heteroatoms. The van der Waals surface area contributed by atoms with E-state index in [-0.39, 0.29) is 37.8 Å². The molecule has 0 aromatic heterocycles. The van der Waals surface area contributed by atoms with Crippen molar-refractivity contribution in [3.63, 3.8) is 0 Å². The average molecular weight is 632 g/mol. The number of halogens is 2. The van der Waals surface area contributed by atoms with Gasteiger partial charge in [-0.3, -0.25) is 14.4 Å². The number of ether oxygens (including phenoxy) is 3. The van der Waals surface area contributed by atoms with E-state index in [0.29, 0.717) is 40.4 Å². The van der Waals surface area contributed by atoms with Gasteiger partial charge in [-0.05, 0) is 55.0 Å². The zero-order chi connectivity index (χ0) is 31.1. The number of hydrogen-bond acceptors (Lipinski definition) is 6. The fourth-order valence-corrected chi connectivity index (χ4v) is 6.26. The molecule has 0 aliphatic carbocycles. The van der Waals surface area contributed by atoms with Crippen molar-refractivity contribution < 1.29 is 28.6 Å². The predicted molar refractivity (Wildman–Crippen MR) is 165 cm³/mol. The summed E-state index contributed by atoms with van der Waals surface area (Å²) in [6.45, 7) is 7.15. The van der Waals surface area contributed by atoms with Crippen LogP contribution in [0.3, 0.4) is 0 Å². The molecule has 2 amide bonds. The van der Waals surface area contributed by atoms with Gasteiger partial charge in [0.1, 0.15) is 11.5 Å². The second-order valence-corrected chi connectivity index (χ2v) is 12.5. The van der Waals surface area contributed by atoms with E-state index >= 15 is 0 Å². The van der Waals surface area contributed by atoms with E-state index in [9.17, 15) is 14.4 Å². The normalized spacial score (nSPS) is 23.5. The van der Waals surface area contributed by atoms with Crippen molar-refractivity contribution in [1.82, 2.24) is 10.2 Å². The number of carbonyl (C=O) groups is 3. The fourth-order valence-electron chi connectivity index (χ4n) is 5.80. The average Bonchev–Trinajstić information content (AvgIpc) is 2.96. The lowest BCUT2D eigenvalue weighted by Crippen LogP contribution is -2.60. The third kappa shape index (κ3) is 7.79. The maximum absolute atomic E-state index is 14.2. The molecule has 8 nitrogen and oxygen atoms in total. The Labute approximate surface area is 263 Å². The van der Waals surface area contributed by atoms with Crippen LogP contribution in [0.1, 0.15) is 51.2 Å². The molecule has 0 spiro atoms. The molecule has 0 bridgehead atoms. The number of amides is 2. The van der Waals surface area contributed by atoms with Crippen LogP contribution in [0.2, 0.25) is 10.0 Å². The summed E-state index contributed by atoms with van der Waals surface area (Å²) < 4.78 is 17.7. The zero-order valence-electron chi connectivity index (χ0n) is 25.1. The van der Waals surface area contributed by atoms with Gasteiger partial charge in [0.2, 0.25) is 11.8 Å². The third-order valence-electron chi connectivity index (χ3n) is 8.11. The van der Waals surface area contributed by atoms with Gasteiger partial charge in [0.15, 0.2) is 0 Å². The van der Waals surface area contributed by atoms with E-state index < -0.39 is 29.5 Å². The standard InChI is InChI=1S/C33H40Cl2N2O6/c1-21(2)12-13-36-30(38)14-25-17-33(32(40)41-4)22(3)43-27(20-42-19-23-8-6-5-7-9-23)16-29(33)37(31(25)39)18-24-10-11-26(34)15-28(24)35/h5-11,15-16,21-22,25,27H,12-14,17-20H2,1-4H3,(H,36,38)/t22-,25+,27-,33+/m1/s1. The number of rotatable bonds is 12. The van der Waals surface area contributed by atoms with E-state index in [2.05, 4.69) is 19.2 Å². The van der Waals surface area contributed by atoms with Gasteiger partial charge in [-0.2, -0.15) is 0 Å². The van der Waals surface area contributed by atoms with Gasteiger partial charge in [0.05, 0.1) is 33.0 Å². The molecule has 4 rings (SSSR count). The van der Waals surface area contributed by atoms with Crippen LogP contribution in [0, 0.1) is 17.3 Å². The summed E-state index contributed by atoms with van der Waals surface area (Å²) in [6.07, 6.45) is 1.41. The highest BCUT2D eigenvalue weighted by atomic mass is 35.5. The van der Waals surface area contributed by atoms with Crippen molar-refractivity contribution in [3.8, 4) is 0 Å². The predicted octanol–water partition coefficient (Wildman–Crippen LogP) is 5.94. The van der Waals surface area contributed by atoms with Crippen LogP contribution in [0.4, 0.5) is 0 Å². The van der Waals surface area contributed by atoms with Crippen LogP contribution in [-0.4, -0.2) is 55.2 Å². The molecule has 43 heavy (non-hydrogen) atoms. The maximum atomic E-state index is 14.2. The first-order valence-corrected chi connectivity index (χ1v) is 15.4. The van der Waals surface area contributed by atoms with Gasteiger partial charge < -0.3 is 24.4 Å². The van der Waals surface area contributed by atoms with Gasteiger partial charge in [-0.25, -0.2) is 0 Å². The molecular weight excluding hydrogens is 591 g/mol. The number of hydrogen-bond donors (Lipinski definition) is 1. The molecule has 2 aliphatic heterocycles. The zero-order valence-corrected chi connectivity index (χ0v) is 26.6. The quantitative estimate of drug-likeness (QED) is 0.292. The first-order chi connectivity index (χ1) is 20.5. The Morgan fingerprint density at radius 2 is 1.91 bits per heavy atom. The molecular formula is C33H40Cl2N2O6. The highest BCUT2D eigenvalue weighted by Gasteiger charge is 2.59. The number of nitrogens with zero attached hydrogens (tertiary/aromatic N) is 1. The second kappa shape index (κ2) is 14.7. The molecule has 2 aliphatic rings. The van der Waals surface area contributed by atoms with Crippen molar-refractivity contribution in [2.75, 3.05) is 20.3 Å². The Bertz CT molecular complexity index is 1330. The molecule has 2 aromatic rings. The van der Waals surface area contributed by atoms with E-state index in [1.54, 1.807) is 36.1 Å². The van der Waals surface area contributed by atoms with E-state index in [0.717, 1.165) is 12.0 Å². The maximum Gasteiger partial charge on any atom is 0.320 e. The minimum absolute atomic E-state index is 0.0653. The first-order valence-electron chi connectivity index (χ1n) is 14.6. The number of esters is 1. The van der Waals surface area contributed by atoms with Gasteiger partial charge in [-0.15, -0.1) is 0 Å². The van der Waals surface area contributed by atoms with Crippen molar-refractivity contribution in [3.05, 3.63) is 81.5 Å².